The van der Waals surface area contributed by atoms with Crippen molar-refractivity contribution in [3.8, 4) is 0 Å². The summed E-state index contributed by atoms with van der Waals surface area (Å²) in [6.07, 6.45) is 1.23. The zero-order valence-corrected chi connectivity index (χ0v) is 14.2. The molecule has 1 amide bonds. The van der Waals surface area contributed by atoms with Crippen molar-refractivity contribution in [2.45, 2.75) is 19.4 Å². The fourth-order valence-electron chi connectivity index (χ4n) is 2.75. The molecule has 0 radical (unpaired) electrons. The van der Waals surface area contributed by atoms with Crippen LogP contribution >= 0.6 is 0 Å². The van der Waals surface area contributed by atoms with Crippen molar-refractivity contribution >= 4 is 11.6 Å². The van der Waals surface area contributed by atoms with Crippen LogP contribution in [0.4, 0.5) is 4.39 Å². The largest absolute Gasteiger partial charge is 0.388 e. The van der Waals surface area contributed by atoms with Crippen LogP contribution in [0, 0.1) is 12.9 Å². The van der Waals surface area contributed by atoms with E-state index in [1.54, 1.807) is 19.3 Å². The Balaban J connectivity index is 1.73. The molecule has 25 heavy (non-hydrogen) atoms. The molecular weight excluding hydrogens is 321 g/mol. The number of aliphatic hydroxyl groups excluding tert-OH is 1. The third kappa shape index (κ3) is 3.39. The number of hydrogen-bond donors (Lipinski definition) is 1. The van der Waals surface area contributed by atoms with Gasteiger partial charge >= 0.3 is 0 Å². The first-order valence-electron chi connectivity index (χ1n) is 8.10. The van der Waals surface area contributed by atoms with E-state index >= 15 is 0 Å². The van der Waals surface area contributed by atoms with Crippen LogP contribution < -0.4 is 0 Å². The first-order valence-corrected chi connectivity index (χ1v) is 8.10. The van der Waals surface area contributed by atoms with E-state index in [1.165, 1.54) is 9.30 Å². The van der Waals surface area contributed by atoms with Gasteiger partial charge in [0.1, 0.15) is 5.65 Å². The molecule has 0 spiro atoms. The lowest BCUT2D eigenvalue weighted by Crippen LogP contribution is -2.29. The molecule has 0 fully saturated rings. The zero-order valence-electron chi connectivity index (χ0n) is 14.2. The highest BCUT2D eigenvalue weighted by Crippen LogP contribution is 2.18. The summed E-state index contributed by atoms with van der Waals surface area (Å²) in [5.41, 5.74) is 1.81. The topological polar surface area (TPSA) is 57.8 Å². The van der Waals surface area contributed by atoms with Gasteiger partial charge in [-0.3, -0.25) is 9.20 Å². The number of rotatable bonds is 5. The van der Waals surface area contributed by atoms with Crippen molar-refractivity contribution in [2.75, 3.05) is 13.6 Å². The zero-order chi connectivity index (χ0) is 18.0. The van der Waals surface area contributed by atoms with Crippen LogP contribution in [0.5, 0.6) is 0 Å². The second-order valence-corrected chi connectivity index (χ2v) is 6.08. The average molecular weight is 341 g/mol. The summed E-state index contributed by atoms with van der Waals surface area (Å²) < 4.78 is 15.8. The number of aryl methyl sites for hydroxylation is 1. The smallest absolute Gasteiger partial charge is 0.276 e. The van der Waals surface area contributed by atoms with Gasteiger partial charge in [0.25, 0.3) is 5.91 Å². The molecule has 1 N–H and O–H groups in total. The number of pyridine rings is 1. The summed E-state index contributed by atoms with van der Waals surface area (Å²) in [5.74, 6) is -1.17. The van der Waals surface area contributed by atoms with E-state index in [0.29, 0.717) is 18.6 Å². The Labute approximate surface area is 145 Å². The molecule has 0 unspecified atom stereocenters. The van der Waals surface area contributed by atoms with Crippen molar-refractivity contribution in [3.05, 3.63) is 71.4 Å². The maximum atomic E-state index is 14.5. The third-order valence-corrected chi connectivity index (χ3v) is 4.26. The van der Waals surface area contributed by atoms with Gasteiger partial charge in [-0.05, 0) is 30.5 Å². The molecule has 1 aromatic carbocycles. The number of hydrogen-bond acceptors (Lipinski definition) is 3. The number of aliphatic hydroxyl groups is 1. The first kappa shape index (κ1) is 17.1. The second-order valence-electron chi connectivity index (χ2n) is 6.08. The number of benzene rings is 1. The molecule has 6 heteroatoms. The van der Waals surface area contributed by atoms with Crippen LogP contribution in [0.25, 0.3) is 5.65 Å². The molecule has 2 aromatic heterocycles. The van der Waals surface area contributed by atoms with Gasteiger partial charge in [0.15, 0.2) is 5.69 Å². The minimum Gasteiger partial charge on any atom is -0.388 e. The Hall–Kier alpha value is -2.73. The summed E-state index contributed by atoms with van der Waals surface area (Å²) in [6.45, 7) is 2.11. The normalized spacial score (nSPS) is 12.3. The number of fused-ring (bicyclic) bond motifs is 1. The van der Waals surface area contributed by atoms with Crippen LogP contribution in [-0.2, 0) is 0 Å². The van der Waals surface area contributed by atoms with Crippen LogP contribution in [-0.4, -0.2) is 38.9 Å². The number of halogens is 1. The number of aromatic nitrogens is 2. The van der Waals surface area contributed by atoms with E-state index in [-0.39, 0.29) is 5.69 Å². The lowest BCUT2D eigenvalue weighted by molar-refractivity contribution is 0.0751. The van der Waals surface area contributed by atoms with E-state index in [9.17, 15) is 14.3 Å². The lowest BCUT2D eigenvalue weighted by atomic mass is 10.1. The second kappa shape index (κ2) is 7.03. The molecule has 3 aromatic rings. The molecule has 0 aliphatic heterocycles. The van der Waals surface area contributed by atoms with E-state index in [4.69, 9.17) is 0 Å². The van der Waals surface area contributed by atoms with Gasteiger partial charge < -0.3 is 10.0 Å². The third-order valence-electron chi connectivity index (χ3n) is 4.26. The van der Waals surface area contributed by atoms with Gasteiger partial charge in [-0.1, -0.05) is 36.4 Å². The highest BCUT2D eigenvalue weighted by molar-refractivity contribution is 5.93. The summed E-state index contributed by atoms with van der Waals surface area (Å²) >= 11 is 0. The number of carbonyl (C=O) groups excluding carboxylic acids is 1. The molecule has 130 valence electrons. The maximum absolute atomic E-state index is 14.5. The van der Waals surface area contributed by atoms with Gasteiger partial charge in [-0.15, -0.1) is 0 Å². The van der Waals surface area contributed by atoms with Gasteiger partial charge in [-0.25, -0.2) is 4.98 Å². The van der Waals surface area contributed by atoms with Crippen LogP contribution in [0.1, 0.15) is 34.1 Å². The predicted octanol–water partition coefficient (Wildman–Crippen LogP) is 2.98. The molecule has 0 bridgehead atoms. The quantitative estimate of drug-likeness (QED) is 0.776. The minimum atomic E-state index is -0.676. The highest BCUT2D eigenvalue weighted by atomic mass is 19.1. The first-order chi connectivity index (χ1) is 12.0. The summed E-state index contributed by atoms with van der Waals surface area (Å²) in [7, 11) is 1.58. The van der Waals surface area contributed by atoms with Crippen molar-refractivity contribution in [2.24, 2.45) is 0 Å². The molecule has 5 nitrogen and oxygen atoms in total. The minimum absolute atomic E-state index is 0.203. The lowest BCUT2D eigenvalue weighted by Gasteiger charge is -2.18. The summed E-state index contributed by atoms with van der Waals surface area (Å²) in [6, 6.07) is 12.8. The Bertz CT molecular complexity index is 892. The predicted molar refractivity (Wildman–Crippen MR) is 92.9 cm³/mol. The Morgan fingerprint density at radius 1 is 1.28 bits per heavy atom. The molecule has 2 heterocycles. The molecule has 1 atom stereocenters. The fourth-order valence-corrected chi connectivity index (χ4v) is 2.75. The SMILES string of the molecule is Cc1cccn2c(F)c(C(=O)N(C)CC[C@@H](O)c3ccccc3)nc12. The number of carbonyl (C=O) groups is 1. The maximum Gasteiger partial charge on any atom is 0.276 e. The molecular formula is C19H20FN3O2. The highest BCUT2D eigenvalue weighted by Gasteiger charge is 2.23. The molecule has 0 saturated carbocycles. The fraction of sp³-hybridized carbons (Fsp3) is 0.263. The number of nitrogens with zero attached hydrogens (tertiary/aromatic N) is 3. The molecule has 3 rings (SSSR count). The monoisotopic (exact) mass is 341 g/mol. The van der Waals surface area contributed by atoms with Gasteiger partial charge in [0.2, 0.25) is 5.95 Å². The van der Waals surface area contributed by atoms with E-state index in [1.807, 2.05) is 43.3 Å². The van der Waals surface area contributed by atoms with E-state index < -0.39 is 18.0 Å². The van der Waals surface area contributed by atoms with E-state index in [2.05, 4.69) is 4.98 Å². The van der Waals surface area contributed by atoms with Gasteiger partial charge in [0.05, 0.1) is 6.10 Å². The number of amides is 1. The van der Waals surface area contributed by atoms with Crippen molar-refractivity contribution in [1.29, 1.82) is 0 Å². The van der Waals surface area contributed by atoms with Crippen molar-refractivity contribution in [3.63, 3.8) is 0 Å². The van der Waals surface area contributed by atoms with Crippen molar-refractivity contribution < 1.29 is 14.3 Å². The standard InChI is InChI=1S/C19H20FN3O2/c1-13-7-6-11-23-17(20)16(21-18(13)23)19(25)22(2)12-10-15(24)14-8-4-3-5-9-14/h3-9,11,15,24H,10,12H2,1-2H3/t15-/m1/s1. The Kier molecular flexibility index (Phi) is 4.81. The number of imidazole rings is 1. The summed E-state index contributed by atoms with van der Waals surface area (Å²) in [4.78, 5) is 18.1. The van der Waals surface area contributed by atoms with Crippen LogP contribution in [0.3, 0.4) is 0 Å². The molecule has 0 aliphatic rings. The molecule has 0 saturated heterocycles. The molecule has 0 aliphatic carbocycles. The Morgan fingerprint density at radius 2 is 2.00 bits per heavy atom. The van der Waals surface area contributed by atoms with Crippen molar-refractivity contribution in [1.82, 2.24) is 14.3 Å². The van der Waals surface area contributed by atoms with Crippen LogP contribution in [0.15, 0.2) is 48.7 Å². The van der Waals surface area contributed by atoms with Crippen LogP contribution in [0.2, 0.25) is 0 Å². The Morgan fingerprint density at radius 3 is 2.68 bits per heavy atom. The van der Waals surface area contributed by atoms with Gasteiger partial charge in [0, 0.05) is 19.8 Å². The average Bonchev–Trinajstić information content (AvgIpc) is 2.98. The van der Waals surface area contributed by atoms with Gasteiger partial charge in [-0.2, -0.15) is 4.39 Å². The van der Waals surface area contributed by atoms with E-state index in [0.717, 1.165) is 11.1 Å². The summed E-state index contributed by atoms with van der Waals surface area (Å²) in [5, 5.41) is 10.2.